The van der Waals surface area contributed by atoms with Gasteiger partial charge in [0.15, 0.2) is 0 Å². The highest BCUT2D eigenvalue weighted by molar-refractivity contribution is 7.89. The Labute approximate surface area is 153 Å². The standard InChI is InChI=1S/C16H26N4O5S/c1-6-25-12-8-7-11(9-13(12)26(23,24)20(4)5)18-15(21)14(10(2)3)19-16(17)22/h7-10,14H,6H2,1-5H3,(H,18,21)(H3,17,19,22)/t14-/m0/s1. The number of carbonyl (C=O) groups is 2. The predicted octanol–water partition coefficient (Wildman–Crippen LogP) is 0.967. The molecule has 1 atom stereocenters. The second kappa shape index (κ2) is 8.86. The van der Waals surface area contributed by atoms with Gasteiger partial charge in [-0.15, -0.1) is 0 Å². The van der Waals surface area contributed by atoms with E-state index >= 15 is 0 Å². The average molecular weight is 386 g/mol. The third-order valence-corrected chi connectivity index (χ3v) is 5.35. The van der Waals surface area contributed by atoms with Gasteiger partial charge in [0.05, 0.1) is 6.61 Å². The van der Waals surface area contributed by atoms with Crippen LogP contribution in [0.3, 0.4) is 0 Å². The van der Waals surface area contributed by atoms with Gasteiger partial charge in [-0.05, 0) is 31.0 Å². The zero-order valence-electron chi connectivity index (χ0n) is 15.6. The van der Waals surface area contributed by atoms with Gasteiger partial charge in [-0.1, -0.05) is 13.8 Å². The molecule has 0 unspecified atom stereocenters. The lowest BCUT2D eigenvalue weighted by Crippen LogP contribution is -2.49. The van der Waals surface area contributed by atoms with E-state index in [0.717, 1.165) is 4.31 Å². The zero-order chi connectivity index (χ0) is 20.1. The molecule has 0 fully saturated rings. The van der Waals surface area contributed by atoms with Gasteiger partial charge >= 0.3 is 6.03 Å². The maximum Gasteiger partial charge on any atom is 0.312 e. The normalized spacial score (nSPS) is 12.7. The fraction of sp³-hybridized carbons (Fsp3) is 0.500. The van der Waals surface area contributed by atoms with Gasteiger partial charge in [-0.2, -0.15) is 0 Å². The lowest BCUT2D eigenvalue weighted by molar-refractivity contribution is -0.118. The number of ether oxygens (including phenoxy) is 1. The molecule has 9 nitrogen and oxygen atoms in total. The molecule has 1 aromatic carbocycles. The smallest absolute Gasteiger partial charge is 0.312 e. The minimum absolute atomic E-state index is 0.0638. The highest BCUT2D eigenvalue weighted by Gasteiger charge is 2.26. The molecule has 0 aromatic heterocycles. The van der Waals surface area contributed by atoms with E-state index in [4.69, 9.17) is 10.5 Å². The van der Waals surface area contributed by atoms with E-state index in [1.807, 2.05) is 0 Å². The largest absolute Gasteiger partial charge is 0.492 e. The van der Waals surface area contributed by atoms with Crippen LogP contribution in [0.1, 0.15) is 20.8 Å². The molecule has 0 bridgehead atoms. The first kappa shape index (κ1) is 21.7. The number of hydrogen-bond acceptors (Lipinski definition) is 5. The summed E-state index contributed by atoms with van der Waals surface area (Å²) in [5, 5.41) is 4.97. The molecule has 4 N–H and O–H groups in total. The Hall–Kier alpha value is -2.33. The van der Waals surface area contributed by atoms with Crippen LogP contribution in [0.4, 0.5) is 10.5 Å². The van der Waals surface area contributed by atoms with Gasteiger partial charge in [0.2, 0.25) is 15.9 Å². The summed E-state index contributed by atoms with van der Waals surface area (Å²) in [6.45, 7) is 5.53. The van der Waals surface area contributed by atoms with E-state index in [9.17, 15) is 18.0 Å². The lowest BCUT2D eigenvalue weighted by atomic mass is 10.0. The van der Waals surface area contributed by atoms with E-state index in [-0.39, 0.29) is 22.3 Å². The van der Waals surface area contributed by atoms with E-state index in [1.54, 1.807) is 20.8 Å². The summed E-state index contributed by atoms with van der Waals surface area (Å²) in [7, 11) is -0.967. The monoisotopic (exact) mass is 386 g/mol. The number of carbonyl (C=O) groups excluding carboxylic acids is 2. The molecular formula is C16H26N4O5S. The number of nitrogens with zero attached hydrogens (tertiary/aromatic N) is 1. The van der Waals surface area contributed by atoms with Crippen LogP contribution in [0.2, 0.25) is 0 Å². The molecular weight excluding hydrogens is 360 g/mol. The van der Waals surface area contributed by atoms with Crippen LogP contribution in [0, 0.1) is 5.92 Å². The molecule has 0 radical (unpaired) electrons. The fourth-order valence-electron chi connectivity index (χ4n) is 2.17. The number of rotatable bonds is 8. The van der Waals surface area contributed by atoms with Crippen molar-refractivity contribution in [3.05, 3.63) is 18.2 Å². The van der Waals surface area contributed by atoms with E-state index in [2.05, 4.69) is 10.6 Å². The molecule has 0 spiro atoms. The molecule has 26 heavy (non-hydrogen) atoms. The van der Waals surface area contributed by atoms with Crippen LogP contribution in [0.25, 0.3) is 0 Å². The lowest BCUT2D eigenvalue weighted by Gasteiger charge is -2.21. The molecule has 146 valence electrons. The Kier molecular flexibility index (Phi) is 7.40. The van der Waals surface area contributed by atoms with Crippen molar-refractivity contribution in [2.45, 2.75) is 31.7 Å². The van der Waals surface area contributed by atoms with Crippen LogP contribution < -0.4 is 21.1 Å². The van der Waals surface area contributed by atoms with Crippen molar-refractivity contribution in [2.24, 2.45) is 11.7 Å². The van der Waals surface area contributed by atoms with Crippen molar-refractivity contribution < 1.29 is 22.7 Å². The van der Waals surface area contributed by atoms with Gasteiger partial charge < -0.3 is 21.1 Å². The molecule has 10 heteroatoms. The second-order valence-corrected chi connectivity index (χ2v) is 8.22. The fourth-order valence-corrected chi connectivity index (χ4v) is 3.22. The number of benzene rings is 1. The van der Waals surface area contributed by atoms with Crippen LogP contribution >= 0.6 is 0 Å². The minimum atomic E-state index is -3.78. The van der Waals surface area contributed by atoms with Crippen LogP contribution in [-0.4, -0.2) is 51.4 Å². The molecule has 0 heterocycles. The van der Waals surface area contributed by atoms with Gasteiger partial charge in [0.1, 0.15) is 16.7 Å². The van der Waals surface area contributed by atoms with Crippen molar-refractivity contribution >= 4 is 27.6 Å². The zero-order valence-corrected chi connectivity index (χ0v) is 16.4. The van der Waals surface area contributed by atoms with Crippen molar-refractivity contribution in [1.29, 1.82) is 0 Å². The number of hydrogen-bond donors (Lipinski definition) is 3. The van der Waals surface area contributed by atoms with Gasteiger partial charge in [0.25, 0.3) is 0 Å². The summed E-state index contributed by atoms with van der Waals surface area (Å²) in [5.74, 6) is -0.527. The summed E-state index contributed by atoms with van der Waals surface area (Å²) < 4.78 is 31.5. The van der Waals surface area contributed by atoms with Gasteiger partial charge in [0, 0.05) is 19.8 Å². The maximum atomic E-state index is 12.5. The first-order chi connectivity index (χ1) is 12.0. The number of primary amides is 1. The van der Waals surface area contributed by atoms with Gasteiger partial charge in [-0.25, -0.2) is 17.5 Å². The van der Waals surface area contributed by atoms with Gasteiger partial charge in [-0.3, -0.25) is 4.79 Å². The molecule has 0 aliphatic carbocycles. The van der Waals surface area contributed by atoms with Crippen molar-refractivity contribution in [1.82, 2.24) is 9.62 Å². The van der Waals surface area contributed by atoms with Crippen molar-refractivity contribution in [3.63, 3.8) is 0 Å². The molecule has 1 rings (SSSR count). The van der Waals surface area contributed by atoms with Crippen LogP contribution in [-0.2, 0) is 14.8 Å². The molecule has 0 saturated carbocycles. The third-order valence-electron chi connectivity index (χ3n) is 3.52. The Morgan fingerprint density at radius 3 is 2.35 bits per heavy atom. The maximum absolute atomic E-state index is 12.5. The summed E-state index contributed by atoms with van der Waals surface area (Å²) in [4.78, 5) is 23.4. The number of amides is 3. The first-order valence-corrected chi connectivity index (χ1v) is 9.50. The number of anilines is 1. The van der Waals surface area contributed by atoms with E-state index in [0.29, 0.717) is 6.61 Å². The second-order valence-electron chi connectivity index (χ2n) is 6.10. The highest BCUT2D eigenvalue weighted by atomic mass is 32.2. The summed E-state index contributed by atoms with van der Waals surface area (Å²) in [5.41, 5.74) is 5.36. The number of nitrogens with one attached hydrogen (secondary N) is 2. The van der Waals surface area contributed by atoms with E-state index in [1.165, 1.54) is 32.3 Å². The quantitative estimate of drug-likeness (QED) is 0.613. The SMILES string of the molecule is CCOc1ccc(NC(=O)[C@@H](NC(N)=O)C(C)C)cc1S(=O)(=O)N(C)C. The Bertz CT molecular complexity index is 762. The number of nitrogens with two attached hydrogens (primary N) is 1. The Balaban J connectivity index is 3.22. The molecule has 0 saturated heterocycles. The molecule has 3 amide bonds. The molecule has 0 aliphatic heterocycles. The topological polar surface area (TPSA) is 131 Å². The summed E-state index contributed by atoms with van der Waals surface area (Å²) in [6, 6.07) is 2.65. The van der Waals surface area contributed by atoms with Crippen molar-refractivity contribution in [2.75, 3.05) is 26.0 Å². The molecule has 0 aliphatic rings. The predicted molar refractivity (Wildman–Crippen MR) is 98.5 cm³/mol. The van der Waals surface area contributed by atoms with Crippen molar-refractivity contribution in [3.8, 4) is 5.75 Å². The number of urea groups is 1. The number of sulfonamides is 1. The Morgan fingerprint density at radius 1 is 1.27 bits per heavy atom. The first-order valence-electron chi connectivity index (χ1n) is 8.06. The third kappa shape index (κ3) is 5.33. The van der Waals surface area contributed by atoms with E-state index < -0.39 is 28.0 Å². The van der Waals surface area contributed by atoms with Crippen LogP contribution in [0.5, 0.6) is 5.75 Å². The minimum Gasteiger partial charge on any atom is -0.492 e. The highest BCUT2D eigenvalue weighted by Crippen LogP contribution is 2.29. The Morgan fingerprint density at radius 2 is 1.88 bits per heavy atom. The molecule has 1 aromatic rings. The average Bonchev–Trinajstić information content (AvgIpc) is 2.53. The van der Waals surface area contributed by atoms with Crippen LogP contribution in [0.15, 0.2) is 23.1 Å². The summed E-state index contributed by atoms with van der Waals surface area (Å²) >= 11 is 0. The summed E-state index contributed by atoms with van der Waals surface area (Å²) in [6.07, 6.45) is 0.